The van der Waals surface area contributed by atoms with E-state index in [0.29, 0.717) is 34.4 Å². The molecule has 0 aliphatic carbocycles. The first-order valence-corrected chi connectivity index (χ1v) is 14.5. The molecule has 5 aromatic rings. The Morgan fingerprint density at radius 3 is 2.45 bits per heavy atom. The lowest BCUT2D eigenvalue weighted by Gasteiger charge is -2.29. The Morgan fingerprint density at radius 1 is 0.952 bits per heavy atom. The average molecular weight is 600 g/mol. The zero-order valence-electron chi connectivity index (χ0n) is 23.3. The standard InChI is InChI=1S/C34H31ClN4O2.ClH/c1-38-16-14-23(15-17-38)21-6-8-22(9-7-21)24-10-11-25-20-39(34(41)27(25)18-24)32(28-19-26(35)12-13-31(28)40)33-36-29-4-2-3-5-30(29)37-33;/h2-13,18-19,23,32,40H,14-17,20H2,1H3,(H,36,37);1H. The van der Waals surface area contributed by atoms with Gasteiger partial charge in [-0.2, -0.15) is 0 Å². The average Bonchev–Trinajstić information content (AvgIpc) is 3.56. The van der Waals surface area contributed by atoms with Gasteiger partial charge in [-0.3, -0.25) is 4.79 Å². The maximum Gasteiger partial charge on any atom is 0.255 e. The SMILES string of the molecule is CN1CCC(c2ccc(-c3ccc4c(c3)C(=O)N(C(c3nc5ccccc5[nH]3)c3cc(Cl)ccc3O)C4)cc2)CC1.Cl. The van der Waals surface area contributed by atoms with Gasteiger partial charge in [0.25, 0.3) is 5.91 Å². The highest BCUT2D eigenvalue weighted by atomic mass is 35.5. The van der Waals surface area contributed by atoms with E-state index in [1.807, 2.05) is 36.4 Å². The van der Waals surface area contributed by atoms with Gasteiger partial charge in [-0.25, -0.2) is 4.98 Å². The van der Waals surface area contributed by atoms with Gasteiger partial charge in [0.05, 0.1) is 11.0 Å². The predicted octanol–water partition coefficient (Wildman–Crippen LogP) is 7.57. The van der Waals surface area contributed by atoms with Gasteiger partial charge in [-0.1, -0.05) is 60.1 Å². The van der Waals surface area contributed by atoms with Crippen molar-refractivity contribution >= 4 is 40.9 Å². The number of fused-ring (bicyclic) bond motifs is 2. The van der Waals surface area contributed by atoms with Gasteiger partial charge in [-0.15, -0.1) is 12.4 Å². The molecule has 1 amide bonds. The van der Waals surface area contributed by atoms with E-state index in [-0.39, 0.29) is 24.1 Å². The molecular weight excluding hydrogens is 567 g/mol. The van der Waals surface area contributed by atoms with Crippen LogP contribution in [0.3, 0.4) is 0 Å². The summed E-state index contributed by atoms with van der Waals surface area (Å²) in [5.74, 6) is 1.15. The molecule has 1 saturated heterocycles. The van der Waals surface area contributed by atoms with Crippen molar-refractivity contribution in [3.63, 3.8) is 0 Å². The minimum atomic E-state index is -0.640. The van der Waals surface area contributed by atoms with Crippen LogP contribution < -0.4 is 0 Å². The van der Waals surface area contributed by atoms with Crippen LogP contribution in [0.15, 0.2) is 84.9 Å². The van der Waals surface area contributed by atoms with Crippen LogP contribution in [-0.2, 0) is 6.54 Å². The van der Waals surface area contributed by atoms with Gasteiger partial charge in [0, 0.05) is 22.7 Å². The van der Waals surface area contributed by atoms with E-state index >= 15 is 0 Å². The first-order valence-electron chi connectivity index (χ1n) is 14.1. The van der Waals surface area contributed by atoms with Gasteiger partial charge in [0.15, 0.2) is 0 Å². The van der Waals surface area contributed by atoms with Crippen molar-refractivity contribution in [1.29, 1.82) is 0 Å². The third kappa shape index (κ3) is 5.15. The Bertz CT molecular complexity index is 1730. The summed E-state index contributed by atoms with van der Waals surface area (Å²) in [5.41, 5.74) is 7.31. The molecule has 0 radical (unpaired) electrons. The normalized spacial score (nSPS) is 16.4. The van der Waals surface area contributed by atoms with Gasteiger partial charge < -0.3 is 19.9 Å². The highest BCUT2D eigenvalue weighted by Crippen LogP contribution is 2.41. The number of aromatic amines is 1. The van der Waals surface area contributed by atoms with E-state index in [9.17, 15) is 9.90 Å². The third-order valence-corrected chi connectivity index (χ3v) is 8.87. The molecule has 42 heavy (non-hydrogen) atoms. The summed E-state index contributed by atoms with van der Waals surface area (Å²) in [6.45, 7) is 2.67. The van der Waals surface area contributed by atoms with Crippen molar-refractivity contribution in [2.75, 3.05) is 20.1 Å². The Morgan fingerprint density at radius 2 is 1.69 bits per heavy atom. The molecule has 1 unspecified atom stereocenters. The van der Waals surface area contributed by atoms with Crippen molar-refractivity contribution in [3.05, 3.63) is 118 Å². The van der Waals surface area contributed by atoms with Crippen molar-refractivity contribution < 1.29 is 9.90 Å². The van der Waals surface area contributed by atoms with Crippen LogP contribution in [0, 0.1) is 0 Å². The molecule has 0 bridgehead atoms. The number of piperidine rings is 1. The number of carbonyl (C=O) groups is 1. The Balaban J connectivity index is 0.00000316. The van der Waals surface area contributed by atoms with Crippen LogP contribution in [0.5, 0.6) is 5.75 Å². The van der Waals surface area contributed by atoms with Crippen LogP contribution in [0.2, 0.25) is 5.02 Å². The molecule has 3 heterocycles. The largest absolute Gasteiger partial charge is 0.508 e. The summed E-state index contributed by atoms with van der Waals surface area (Å²) < 4.78 is 0. The first kappa shape index (κ1) is 28.3. The number of phenolic OH excluding ortho intramolecular Hbond substituents is 1. The number of rotatable bonds is 5. The van der Waals surface area contributed by atoms with Gasteiger partial charge in [-0.05, 0) is 97.5 Å². The molecule has 2 aliphatic heterocycles. The highest BCUT2D eigenvalue weighted by molar-refractivity contribution is 6.30. The lowest BCUT2D eigenvalue weighted by Crippen LogP contribution is -2.31. The summed E-state index contributed by atoms with van der Waals surface area (Å²) in [6.07, 6.45) is 2.38. The van der Waals surface area contributed by atoms with Crippen molar-refractivity contribution in [1.82, 2.24) is 19.8 Å². The molecule has 4 aromatic carbocycles. The minimum Gasteiger partial charge on any atom is -0.508 e. The monoisotopic (exact) mass is 598 g/mol. The summed E-state index contributed by atoms with van der Waals surface area (Å²) >= 11 is 6.37. The van der Waals surface area contributed by atoms with Crippen molar-refractivity contribution in [2.24, 2.45) is 0 Å². The number of nitrogens with zero attached hydrogens (tertiary/aromatic N) is 3. The van der Waals surface area contributed by atoms with Gasteiger partial charge in [0.1, 0.15) is 17.6 Å². The number of hydrogen-bond acceptors (Lipinski definition) is 4. The molecule has 2 aliphatic rings. The number of benzene rings is 4. The number of H-pyrrole nitrogens is 1. The first-order chi connectivity index (χ1) is 19.9. The Hall–Kier alpha value is -3.84. The summed E-state index contributed by atoms with van der Waals surface area (Å²) in [6, 6.07) is 27.0. The van der Waals surface area contributed by atoms with E-state index in [0.717, 1.165) is 40.8 Å². The second kappa shape index (κ2) is 11.4. The van der Waals surface area contributed by atoms with Gasteiger partial charge in [0.2, 0.25) is 0 Å². The predicted molar refractivity (Wildman–Crippen MR) is 170 cm³/mol. The van der Waals surface area contributed by atoms with Crippen LogP contribution >= 0.6 is 24.0 Å². The number of aromatic nitrogens is 2. The number of imidazole rings is 1. The van der Waals surface area contributed by atoms with Crippen molar-refractivity contribution in [2.45, 2.75) is 31.3 Å². The second-order valence-electron chi connectivity index (χ2n) is 11.2. The second-order valence-corrected chi connectivity index (χ2v) is 11.7. The summed E-state index contributed by atoms with van der Waals surface area (Å²) in [7, 11) is 2.19. The van der Waals surface area contributed by atoms with E-state index < -0.39 is 6.04 Å². The van der Waals surface area contributed by atoms with Gasteiger partial charge >= 0.3 is 0 Å². The smallest absolute Gasteiger partial charge is 0.255 e. The number of nitrogens with one attached hydrogen (secondary N) is 1. The lowest BCUT2D eigenvalue weighted by atomic mass is 9.88. The quantitative estimate of drug-likeness (QED) is 0.219. The maximum atomic E-state index is 14.0. The zero-order valence-corrected chi connectivity index (χ0v) is 24.8. The number of phenols is 1. The summed E-state index contributed by atoms with van der Waals surface area (Å²) in [5, 5.41) is 11.4. The maximum absolute atomic E-state index is 14.0. The minimum absolute atomic E-state index is 0. The van der Waals surface area contributed by atoms with Crippen LogP contribution in [0.25, 0.3) is 22.2 Å². The number of aromatic hydroxyl groups is 1. The zero-order chi connectivity index (χ0) is 28.1. The molecule has 7 rings (SSSR count). The number of amides is 1. The fourth-order valence-corrected chi connectivity index (χ4v) is 6.49. The topological polar surface area (TPSA) is 72.5 Å². The van der Waals surface area contributed by atoms with E-state index in [2.05, 4.69) is 47.3 Å². The molecule has 1 atom stereocenters. The number of para-hydroxylation sites is 2. The molecular formula is C34H32Cl2N4O2. The summed E-state index contributed by atoms with van der Waals surface area (Å²) in [4.78, 5) is 26.4. The Labute approximate surface area is 256 Å². The van der Waals surface area contributed by atoms with E-state index in [1.165, 1.54) is 18.4 Å². The number of hydrogen-bond donors (Lipinski definition) is 2. The molecule has 0 saturated carbocycles. The lowest BCUT2D eigenvalue weighted by molar-refractivity contribution is 0.0724. The Kier molecular flexibility index (Phi) is 7.71. The fourth-order valence-electron chi connectivity index (χ4n) is 6.31. The van der Waals surface area contributed by atoms with E-state index in [4.69, 9.17) is 16.6 Å². The third-order valence-electron chi connectivity index (χ3n) is 8.64. The number of halogens is 2. The van der Waals surface area contributed by atoms with Crippen LogP contribution in [0.4, 0.5) is 0 Å². The number of carbonyl (C=O) groups excluding carboxylic acids is 1. The van der Waals surface area contributed by atoms with Crippen LogP contribution in [0.1, 0.15) is 57.7 Å². The highest BCUT2D eigenvalue weighted by Gasteiger charge is 2.37. The molecule has 0 spiro atoms. The van der Waals surface area contributed by atoms with Crippen LogP contribution in [-0.4, -0.2) is 50.9 Å². The molecule has 1 aromatic heterocycles. The molecule has 1 fully saturated rings. The molecule has 2 N–H and O–H groups in total. The van der Waals surface area contributed by atoms with Crippen molar-refractivity contribution in [3.8, 4) is 16.9 Å². The molecule has 8 heteroatoms. The molecule has 6 nitrogen and oxygen atoms in total. The van der Waals surface area contributed by atoms with E-state index in [1.54, 1.807) is 23.1 Å². The number of likely N-dealkylation sites (tertiary alicyclic amines) is 1. The fraction of sp³-hybridized carbons (Fsp3) is 0.235. The molecule has 214 valence electrons.